The highest BCUT2D eigenvalue weighted by atomic mass is 32.1. The van der Waals surface area contributed by atoms with E-state index < -0.39 is 11.7 Å². The third-order valence-electron chi connectivity index (χ3n) is 2.44. The maximum atomic E-state index is 12.3. The summed E-state index contributed by atoms with van der Waals surface area (Å²) < 4.78 is 37.0. The average molecular weight is 270 g/mol. The number of ketones is 1. The molecule has 0 aliphatic rings. The second kappa shape index (κ2) is 4.94. The van der Waals surface area contributed by atoms with Gasteiger partial charge in [-0.3, -0.25) is 4.79 Å². The molecule has 0 amide bonds. The molecule has 0 saturated carbocycles. The second-order valence-electron chi connectivity index (χ2n) is 3.77. The Bertz CT molecular complexity index is 526. The van der Waals surface area contributed by atoms with Gasteiger partial charge in [0.25, 0.3) is 0 Å². The molecule has 0 unspecified atom stereocenters. The summed E-state index contributed by atoms with van der Waals surface area (Å²) in [4.78, 5) is 12.4. The zero-order valence-electron chi connectivity index (χ0n) is 9.20. The number of carbonyl (C=O) groups is 1. The molecule has 94 valence electrons. The van der Waals surface area contributed by atoms with Crippen molar-refractivity contribution in [1.29, 1.82) is 0 Å². The first-order valence-corrected chi connectivity index (χ1v) is 6.07. The fraction of sp³-hybridized carbons (Fsp3) is 0.154. The van der Waals surface area contributed by atoms with Gasteiger partial charge in [0, 0.05) is 6.42 Å². The Morgan fingerprint density at radius 2 is 1.78 bits per heavy atom. The molecule has 0 saturated heterocycles. The first kappa shape index (κ1) is 12.8. The lowest BCUT2D eigenvalue weighted by atomic mass is 10.1. The topological polar surface area (TPSA) is 17.1 Å². The number of halogens is 3. The summed E-state index contributed by atoms with van der Waals surface area (Å²) in [6.07, 6.45) is -4.21. The highest BCUT2D eigenvalue weighted by Gasteiger charge is 2.29. The van der Waals surface area contributed by atoms with E-state index in [1.165, 1.54) is 23.5 Å². The maximum absolute atomic E-state index is 12.3. The standard InChI is InChI=1S/C13H9F3OS/c14-13(15,16)10-5-3-9(4-6-10)8-11(17)12-2-1-7-18-12/h1-7H,8H2. The summed E-state index contributed by atoms with van der Waals surface area (Å²) in [5.74, 6) is -0.0789. The highest BCUT2D eigenvalue weighted by Crippen LogP contribution is 2.29. The fourth-order valence-corrected chi connectivity index (χ4v) is 2.19. The van der Waals surface area contributed by atoms with Gasteiger partial charge in [-0.25, -0.2) is 0 Å². The summed E-state index contributed by atoms with van der Waals surface area (Å²) >= 11 is 1.33. The van der Waals surface area contributed by atoms with Crippen LogP contribution in [-0.2, 0) is 12.6 Å². The maximum Gasteiger partial charge on any atom is 0.416 e. The van der Waals surface area contributed by atoms with Crippen molar-refractivity contribution in [2.75, 3.05) is 0 Å². The molecule has 18 heavy (non-hydrogen) atoms. The minimum absolute atomic E-state index is 0.0789. The van der Waals surface area contributed by atoms with E-state index in [1.807, 2.05) is 0 Å². The molecule has 0 aliphatic carbocycles. The molecular formula is C13H9F3OS. The molecule has 0 spiro atoms. The molecule has 0 fully saturated rings. The van der Waals surface area contributed by atoms with Gasteiger partial charge in [-0.1, -0.05) is 18.2 Å². The molecule has 0 bridgehead atoms. The number of thiophene rings is 1. The molecule has 2 rings (SSSR count). The van der Waals surface area contributed by atoms with Crippen LogP contribution < -0.4 is 0 Å². The number of carbonyl (C=O) groups excluding carboxylic acids is 1. The molecule has 0 N–H and O–H groups in total. The van der Waals surface area contributed by atoms with E-state index in [0.717, 1.165) is 12.1 Å². The first-order valence-electron chi connectivity index (χ1n) is 5.19. The van der Waals surface area contributed by atoms with Crippen LogP contribution in [0.1, 0.15) is 20.8 Å². The van der Waals surface area contributed by atoms with Crippen molar-refractivity contribution in [2.24, 2.45) is 0 Å². The van der Waals surface area contributed by atoms with Crippen molar-refractivity contribution >= 4 is 17.1 Å². The first-order chi connectivity index (χ1) is 8.47. The lowest BCUT2D eigenvalue weighted by Gasteiger charge is -2.07. The average Bonchev–Trinajstić information content (AvgIpc) is 2.82. The predicted molar refractivity (Wildman–Crippen MR) is 63.8 cm³/mol. The lowest BCUT2D eigenvalue weighted by molar-refractivity contribution is -0.137. The SMILES string of the molecule is O=C(Cc1ccc(C(F)(F)F)cc1)c1cccs1. The van der Waals surface area contributed by atoms with Crippen LogP contribution in [0.2, 0.25) is 0 Å². The summed E-state index contributed by atoms with van der Waals surface area (Å²) in [5, 5.41) is 1.79. The number of Topliss-reactive ketones (excluding diaryl/α,β-unsaturated/α-hetero) is 1. The van der Waals surface area contributed by atoms with E-state index in [-0.39, 0.29) is 12.2 Å². The van der Waals surface area contributed by atoms with E-state index >= 15 is 0 Å². The Kier molecular flexibility index (Phi) is 3.52. The van der Waals surface area contributed by atoms with E-state index in [1.54, 1.807) is 17.5 Å². The van der Waals surface area contributed by atoms with Gasteiger partial charge in [-0.15, -0.1) is 11.3 Å². The predicted octanol–water partition coefficient (Wildman–Crippen LogP) is 4.19. The minimum Gasteiger partial charge on any atom is -0.293 e. The molecule has 2 aromatic rings. The molecule has 5 heteroatoms. The Labute approximate surface area is 106 Å². The molecule has 0 atom stereocenters. The van der Waals surface area contributed by atoms with Crippen molar-refractivity contribution in [1.82, 2.24) is 0 Å². The van der Waals surface area contributed by atoms with Crippen LogP contribution in [0.4, 0.5) is 13.2 Å². The number of alkyl halides is 3. The van der Waals surface area contributed by atoms with Crippen molar-refractivity contribution < 1.29 is 18.0 Å². The van der Waals surface area contributed by atoms with Gasteiger partial charge in [0.15, 0.2) is 5.78 Å². The Morgan fingerprint density at radius 3 is 2.28 bits per heavy atom. The second-order valence-corrected chi connectivity index (χ2v) is 4.72. The molecule has 1 heterocycles. The van der Waals surface area contributed by atoms with Gasteiger partial charge in [-0.2, -0.15) is 13.2 Å². The molecule has 1 aromatic heterocycles. The van der Waals surface area contributed by atoms with E-state index in [2.05, 4.69) is 0 Å². The van der Waals surface area contributed by atoms with Crippen LogP contribution in [0.25, 0.3) is 0 Å². The quantitative estimate of drug-likeness (QED) is 0.764. The van der Waals surface area contributed by atoms with Gasteiger partial charge >= 0.3 is 6.18 Å². The zero-order chi connectivity index (χ0) is 13.2. The van der Waals surface area contributed by atoms with Crippen LogP contribution in [0.5, 0.6) is 0 Å². The molecule has 0 radical (unpaired) electrons. The van der Waals surface area contributed by atoms with Crippen molar-refractivity contribution in [2.45, 2.75) is 12.6 Å². The van der Waals surface area contributed by atoms with E-state index in [0.29, 0.717) is 10.4 Å². The Morgan fingerprint density at radius 1 is 1.11 bits per heavy atom. The summed E-state index contributed by atoms with van der Waals surface area (Å²) in [7, 11) is 0. The summed E-state index contributed by atoms with van der Waals surface area (Å²) in [5.41, 5.74) is -0.115. The van der Waals surface area contributed by atoms with Crippen molar-refractivity contribution in [3.63, 3.8) is 0 Å². The molecule has 1 nitrogen and oxygen atoms in total. The normalized spacial score (nSPS) is 11.5. The van der Waals surface area contributed by atoms with E-state index in [9.17, 15) is 18.0 Å². The fourth-order valence-electron chi connectivity index (χ4n) is 1.52. The Hall–Kier alpha value is -1.62. The van der Waals surface area contributed by atoms with Gasteiger partial charge in [0.2, 0.25) is 0 Å². The number of hydrogen-bond acceptors (Lipinski definition) is 2. The number of rotatable bonds is 3. The molecule has 0 aliphatic heterocycles. The third kappa shape index (κ3) is 2.98. The minimum atomic E-state index is -4.34. The van der Waals surface area contributed by atoms with Crippen molar-refractivity contribution in [3.8, 4) is 0 Å². The van der Waals surface area contributed by atoms with Gasteiger partial charge < -0.3 is 0 Å². The van der Waals surface area contributed by atoms with E-state index in [4.69, 9.17) is 0 Å². The Balaban J connectivity index is 2.09. The van der Waals surface area contributed by atoms with Crippen LogP contribution in [-0.4, -0.2) is 5.78 Å². The monoisotopic (exact) mass is 270 g/mol. The van der Waals surface area contributed by atoms with Crippen molar-refractivity contribution in [3.05, 3.63) is 57.8 Å². The largest absolute Gasteiger partial charge is 0.416 e. The molecular weight excluding hydrogens is 261 g/mol. The smallest absolute Gasteiger partial charge is 0.293 e. The van der Waals surface area contributed by atoms with Crippen LogP contribution in [0.3, 0.4) is 0 Å². The van der Waals surface area contributed by atoms with Gasteiger partial charge in [-0.05, 0) is 29.1 Å². The lowest BCUT2D eigenvalue weighted by Crippen LogP contribution is -2.06. The van der Waals surface area contributed by atoms with Gasteiger partial charge in [0.1, 0.15) is 0 Å². The molecule has 1 aromatic carbocycles. The zero-order valence-corrected chi connectivity index (χ0v) is 10.0. The summed E-state index contributed by atoms with van der Waals surface area (Å²) in [6, 6.07) is 8.15. The summed E-state index contributed by atoms with van der Waals surface area (Å²) in [6.45, 7) is 0. The highest BCUT2D eigenvalue weighted by molar-refractivity contribution is 7.12. The number of benzene rings is 1. The van der Waals surface area contributed by atoms with Gasteiger partial charge in [0.05, 0.1) is 10.4 Å². The third-order valence-corrected chi connectivity index (χ3v) is 3.35. The van der Waals surface area contributed by atoms with Crippen LogP contribution in [0, 0.1) is 0 Å². The van der Waals surface area contributed by atoms with Crippen LogP contribution in [0.15, 0.2) is 41.8 Å². The number of hydrogen-bond donors (Lipinski definition) is 0. The van der Waals surface area contributed by atoms with Crippen LogP contribution >= 0.6 is 11.3 Å².